The summed E-state index contributed by atoms with van der Waals surface area (Å²) in [7, 11) is 1.32. The van der Waals surface area contributed by atoms with Crippen LogP contribution in [0.4, 0.5) is 19.0 Å². The molecule has 0 radical (unpaired) electrons. The molecule has 1 aliphatic rings. The summed E-state index contributed by atoms with van der Waals surface area (Å²) in [5, 5.41) is 2.26. The molecule has 9 heteroatoms. The van der Waals surface area contributed by atoms with Crippen LogP contribution in [0.1, 0.15) is 18.4 Å². The zero-order chi connectivity index (χ0) is 15.8. The molecule has 1 atom stereocenters. The van der Waals surface area contributed by atoms with Gasteiger partial charge in [0.1, 0.15) is 17.0 Å². The molecule has 1 aromatic heterocycles. The standard InChI is InChI=1S/C12H11ClF3N3O2/c1-19-10(20)3-2-7(11(19)21)17-9-5-6(12(14,15)16)4-8(13)18-9/h4-5,7H,2-3H2,1H3,(H,17,18). The van der Waals surface area contributed by atoms with Gasteiger partial charge in [-0.2, -0.15) is 13.2 Å². The number of aromatic nitrogens is 1. The van der Waals surface area contributed by atoms with Gasteiger partial charge in [-0.25, -0.2) is 4.98 Å². The number of pyridine rings is 1. The number of amides is 2. The second-order valence-corrected chi connectivity index (χ2v) is 4.98. The summed E-state index contributed by atoms with van der Waals surface area (Å²) < 4.78 is 38.0. The first-order chi connectivity index (χ1) is 9.68. The van der Waals surface area contributed by atoms with Crippen LogP contribution in [0.3, 0.4) is 0 Å². The summed E-state index contributed by atoms with van der Waals surface area (Å²) in [6.07, 6.45) is -4.24. The van der Waals surface area contributed by atoms with Gasteiger partial charge >= 0.3 is 6.18 Å². The molecular weight excluding hydrogens is 311 g/mol. The molecule has 1 fully saturated rings. The molecule has 1 aromatic rings. The Kier molecular flexibility index (Phi) is 4.08. The van der Waals surface area contributed by atoms with Crippen LogP contribution < -0.4 is 5.32 Å². The van der Waals surface area contributed by atoms with Gasteiger partial charge in [0.05, 0.1) is 5.56 Å². The van der Waals surface area contributed by atoms with Crippen molar-refractivity contribution in [2.45, 2.75) is 25.1 Å². The van der Waals surface area contributed by atoms with Gasteiger partial charge in [-0.3, -0.25) is 14.5 Å². The molecule has 1 aliphatic heterocycles. The Bertz CT molecular complexity index is 592. The number of hydrogen-bond acceptors (Lipinski definition) is 4. The number of anilines is 1. The Labute approximate surface area is 123 Å². The van der Waals surface area contributed by atoms with E-state index >= 15 is 0 Å². The number of imide groups is 1. The van der Waals surface area contributed by atoms with Crippen LogP contribution in [-0.2, 0) is 15.8 Å². The Morgan fingerprint density at radius 1 is 1.38 bits per heavy atom. The number of halogens is 4. The highest BCUT2D eigenvalue weighted by molar-refractivity contribution is 6.29. The van der Waals surface area contributed by atoms with Gasteiger partial charge in [0.25, 0.3) is 5.91 Å². The lowest BCUT2D eigenvalue weighted by Gasteiger charge is -2.28. The van der Waals surface area contributed by atoms with Crippen LogP contribution in [0.2, 0.25) is 5.15 Å². The van der Waals surface area contributed by atoms with Gasteiger partial charge in [-0.15, -0.1) is 0 Å². The number of rotatable bonds is 2. The van der Waals surface area contributed by atoms with Gasteiger partial charge in [0, 0.05) is 13.5 Å². The lowest BCUT2D eigenvalue weighted by molar-refractivity contribution is -0.146. The topological polar surface area (TPSA) is 62.3 Å². The minimum absolute atomic E-state index is 0.132. The van der Waals surface area contributed by atoms with Crippen molar-refractivity contribution in [3.05, 3.63) is 22.8 Å². The van der Waals surface area contributed by atoms with Crippen molar-refractivity contribution >= 4 is 29.2 Å². The summed E-state index contributed by atoms with van der Waals surface area (Å²) in [6, 6.07) is 0.667. The minimum Gasteiger partial charge on any atom is -0.358 e. The Morgan fingerprint density at radius 3 is 2.67 bits per heavy atom. The summed E-state index contributed by atoms with van der Waals surface area (Å²) in [6.45, 7) is 0. The zero-order valence-electron chi connectivity index (χ0n) is 10.9. The third-order valence-electron chi connectivity index (χ3n) is 3.09. The fourth-order valence-corrected chi connectivity index (χ4v) is 2.17. The number of hydrogen-bond donors (Lipinski definition) is 1. The number of carbonyl (C=O) groups is 2. The van der Waals surface area contributed by atoms with Gasteiger partial charge in [-0.05, 0) is 18.6 Å². The largest absolute Gasteiger partial charge is 0.416 e. The number of likely N-dealkylation sites (N-methyl/N-ethyl adjacent to an activating group) is 1. The van der Waals surface area contributed by atoms with Crippen molar-refractivity contribution < 1.29 is 22.8 Å². The maximum absolute atomic E-state index is 12.7. The van der Waals surface area contributed by atoms with E-state index in [1.165, 1.54) is 7.05 Å². The predicted molar refractivity (Wildman–Crippen MR) is 68.7 cm³/mol. The molecular formula is C12H11ClF3N3O2. The van der Waals surface area contributed by atoms with Crippen molar-refractivity contribution in [3.63, 3.8) is 0 Å². The maximum atomic E-state index is 12.7. The minimum atomic E-state index is -4.56. The fourth-order valence-electron chi connectivity index (χ4n) is 1.96. The highest BCUT2D eigenvalue weighted by Crippen LogP contribution is 2.32. The first-order valence-electron chi connectivity index (χ1n) is 6.00. The van der Waals surface area contributed by atoms with E-state index in [-0.39, 0.29) is 29.7 Å². The van der Waals surface area contributed by atoms with Gasteiger partial charge in [-0.1, -0.05) is 11.6 Å². The molecule has 5 nitrogen and oxygen atoms in total. The normalized spacial score (nSPS) is 19.9. The summed E-state index contributed by atoms with van der Waals surface area (Å²) in [4.78, 5) is 27.9. The van der Waals surface area contributed by atoms with E-state index in [1.807, 2.05) is 0 Å². The maximum Gasteiger partial charge on any atom is 0.416 e. The average Bonchev–Trinajstić information content (AvgIpc) is 2.38. The quantitative estimate of drug-likeness (QED) is 0.671. The smallest absolute Gasteiger partial charge is 0.358 e. The van der Waals surface area contributed by atoms with Crippen LogP contribution >= 0.6 is 11.6 Å². The highest BCUT2D eigenvalue weighted by atomic mass is 35.5. The SMILES string of the molecule is CN1C(=O)CCC(Nc2cc(C(F)(F)F)cc(Cl)n2)C1=O. The molecule has 0 saturated carbocycles. The molecule has 21 heavy (non-hydrogen) atoms. The molecule has 1 unspecified atom stereocenters. The number of likely N-dealkylation sites (tertiary alicyclic amines) is 1. The van der Waals surface area contributed by atoms with Gasteiger partial charge in [0.15, 0.2) is 0 Å². The van der Waals surface area contributed by atoms with Crippen molar-refractivity contribution in [2.75, 3.05) is 12.4 Å². The second-order valence-electron chi connectivity index (χ2n) is 4.59. The predicted octanol–water partition coefficient (Wildman–Crippen LogP) is 2.31. The second kappa shape index (κ2) is 5.51. The summed E-state index contributed by atoms with van der Waals surface area (Å²) in [5.41, 5.74) is -0.960. The highest BCUT2D eigenvalue weighted by Gasteiger charge is 2.34. The van der Waals surface area contributed by atoms with Crippen molar-refractivity contribution in [2.24, 2.45) is 0 Å². The zero-order valence-corrected chi connectivity index (χ0v) is 11.6. The molecule has 1 N–H and O–H groups in total. The number of carbonyl (C=O) groups excluding carboxylic acids is 2. The third-order valence-corrected chi connectivity index (χ3v) is 3.29. The molecule has 0 spiro atoms. The molecule has 2 rings (SSSR count). The van der Waals surface area contributed by atoms with Crippen molar-refractivity contribution in [1.29, 1.82) is 0 Å². The van der Waals surface area contributed by atoms with Crippen LogP contribution in [0.25, 0.3) is 0 Å². The van der Waals surface area contributed by atoms with E-state index < -0.39 is 23.7 Å². The average molecular weight is 322 g/mol. The first-order valence-corrected chi connectivity index (χ1v) is 6.38. The lowest BCUT2D eigenvalue weighted by atomic mass is 10.0. The molecule has 0 aromatic carbocycles. The number of piperidine rings is 1. The monoisotopic (exact) mass is 321 g/mol. The van der Waals surface area contributed by atoms with E-state index in [1.54, 1.807) is 0 Å². The van der Waals surface area contributed by atoms with Crippen LogP contribution in [0, 0.1) is 0 Å². The third kappa shape index (κ3) is 3.44. The molecule has 2 heterocycles. The molecule has 0 aliphatic carbocycles. The van der Waals surface area contributed by atoms with Crippen molar-refractivity contribution in [1.82, 2.24) is 9.88 Å². The van der Waals surface area contributed by atoms with E-state index in [4.69, 9.17) is 11.6 Å². The fraction of sp³-hybridized carbons (Fsp3) is 0.417. The van der Waals surface area contributed by atoms with Crippen LogP contribution in [0.15, 0.2) is 12.1 Å². The first kappa shape index (κ1) is 15.6. The van der Waals surface area contributed by atoms with Crippen molar-refractivity contribution in [3.8, 4) is 0 Å². The Morgan fingerprint density at radius 2 is 2.05 bits per heavy atom. The number of nitrogens with one attached hydrogen (secondary N) is 1. The summed E-state index contributed by atoms with van der Waals surface area (Å²) in [5.74, 6) is -0.995. The Balaban J connectivity index is 2.22. The van der Waals surface area contributed by atoms with Crippen LogP contribution in [-0.4, -0.2) is 34.8 Å². The van der Waals surface area contributed by atoms with E-state index in [9.17, 15) is 22.8 Å². The molecule has 0 bridgehead atoms. The lowest BCUT2D eigenvalue weighted by Crippen LogP contribution is -2.48. The van der Waals surface area contributed by atoms with Crippen LogP contribution in [0.5, 0.6) is 0 Å². The van der Waals surface area contributed by atoms with Gasteiger partial charge in [0.2, 0.25) is 5.91 Å². The number of nitrogens with zero attached hydrogens (tertiary/aromatic N) is 2. The van der Waals surface area contributed by atoms with E-state index in [0.717, 1.165) is 11.0 Å². The van der Waals surface area contributed by atoms with E-state index in [0.29, 0.717) is 6.07 Å². The van der Waals surface area contributed by atoms with Gasteiger partial charge < -0.3 is 5.32 Å². The number of alkyl halides is 3. The van der Waals surface area contributed by atoms with E-state index in [2.05, 4.69) is 10.3 Å². The molecule has 2 amide bonds. The molecule has 114 valence electrons. The molecule has 1 saturated heterocycles. The summed E-state index contributed by atoms with van der Waals surface area (Å²) >= 11 is 5.56. The Hall–Kier alpha value is -1.83.